The zero-order valence-corrected chi connectivity index (χ0v) is 13.0. The lowest BCUT2D eigenvalue weighted by Gasteiger charge is -2.17. The number of sulfonamides is 1. The van der Waals surface area contributed by atoms with Gasteiger partial charge in [0.25, 0.3) is 0 Å². The minimum atomic E-state index is -3.63. The molecule has 2 N–H and O–H groups in total. The van der Waals surface area contributed by atoms with Gasteiger partial charge in [-0.2, -0.15) is 0 Å². The zero-order chi connectivity index (χ0) is 15.6. The summed E-state index contributed by atoms with van der Waals surface area (Å²) in [4.78, 5) is 0.250. The number of hydrogen-bond acceptors (Lipinski definition) is 4. The van der Waals surface area contributed by atoms with E-state index in [1.54, 1.807) is 24.3 Å². The molecule has 6 heteroatoms. The lowest BCUT2D eigenvalue weighted by Crippen LogP contribution is -2.28. The summed E-state index contributed by atoms with van der Waals surface area (Å²) in [6.45, 7) is -0.118. The molecule has 118 valence electrons. The van der Waals surface area contributed by atoms with Gasteiger partial charge in [-0.25, -0.2) is 13.1 Å². The van der Waals surface area contributed by atoms with Crippen LogP contribution in [0.4, 0.5) is 0 Å². The van der Waals surface area contributed by atoms with Gasteiger partial charge in [0.1, 0.15) is 11.9 Å². The first-order valence-corrected chi connectivity index (χ1v) is 8.87. The Morgan fingerprint density at radius 2 is 1.95 bits per heavy atom. The molecule has 2 aromatic rings. The Kier molecular flexibility index (Phi) is 4.33. The highest BCUT2D eigenvalue weighted by Gasteiger charge is 2.20. The van der Waals surface area contributed by atoms with Gasteiger partial charge in [0, 0.05) is 6.54 Å². The van der Waals surface area contributed by atoms with E-state index in [1.165, 1.54) is 11.8 Å². The maximum absolute atomic E-state index is 12.3. The Hall–Kier alpha value is -1.63. The van der Waals surface area contributed by atoms with Crippen molar-refractivity contribution >= 4 is 10.0 Å². The molecule has 0 aliphatic heterocycles. The molecule has 1 aliphatic rings. The van der Waals surface area contributed by atoms with Gasteiger partial charge in [-0.15, -0.1) is 0 Å². The van der Waals surface area contributed by atoms with Crippen LogP contribution in [0.25, 0.3) is 0 Å². The number of aliphatic hydroxyl groups is 1. The van der Waals surface area contributed by atoms with Gasteiger partial charge in [-0.1, -0.05) is 6.07 Å². The first kappa shape index (κ1) is 15.3. The smallest absolute Gasteiger partial charge is 0.240 e. The summed E-state index contributed by atoms with van der Waals surface area (Å²) < 4.78 is 32.2. The summed E-state index contributed by atoms with van der Waals surface area (Å²) in [6.07, 6.45) is 4.64. The summed E-state index contributed by atoms with van der Waals surface area (Å²) in [7, 11) is -3.63. The number of rotatable bonds is 5. The molecule has 3 rings (SSSR count). The molecule has 1 aromatic heterocycles. The highest BCUT2D eigenvalue weighted by Crippen LogP contribution is 2.24. The predicted octanol–water partition coefficient (Wildman–Crippen LogP) is 2.17. The summed E-state index contributed by atoms with van der Waals surface area (Å²) in [5, 5.41) is 9.89. The van der Waals surface area contributed by atoms with E-state index in [9.17, 15) is 13.5 Å². The maximum atomic E-state index is 12.3. The fraction of sp³-hybridized carbons (Fsp3) is 0.375. The van der Waals surface area contributed by atoms with Crippen LogP contribution in [0.2, 0.25) is 0 Å². The van der Waals surface area contributed by atoms with Crippen LogP contribution in [0.5, 0.6) is 0 Å². The summed E-state index contributed by atoms with van der Waals surface area (Å²) in [5.41, 5.74) is 2.35. The summed E-state index contributed by atoms with van der Waals surface area (Å²) in [5.74, 6) is 0.341. The Morgan fingerprint density at radius 3 is 2.68 bits per heavy atom. The largest absolute Gasteiger partial charge is 0.467 e. The van der Waals surface area contributed by atoms with Gasteiger partial charge in [0.2, 0.25) is 10.0 Å². The molecule has 22 heavy (non-hydrogen) atoms. The molecule has 1 atom stereocenters. The third-order valence-electron chi connectivity index (χ3n) is 3.97. The standard InChI is InChI=1S/C16H19NO4S/c18-15(16-6-3-9-21-16)11-17-22(19,20)14-8-7-12-4-1-2-5-13(12)10-14/h3,6-10,15,17-18H,1-2,4-5,11H2. The van der Waals surface area contributed by atoms with Crippen molar-refractivity contribution in [3.05, 3.63) is 53.5 Å². The second-order valence-electron chi connectivity index (χ2n) is 5.52. The molecule has 0 amide bonds. The van der Waals surface area contributed by atoms with Crippen LogP contribution in [0.1, 0.15) is 35.8 Å². The summed E-state index contributed by atoms with van der Waals surface area (Å²) in [6, 6.07) is 8.53. The van der Waals surface area contributed by atoms with E-state index in [1.807, 2.05) is 6.07 Å². The number of aliphatic hydroxyl groups excluding tert-OH is 1. The SMILES string of the molecule is O=S(=O)(NCC(O)c1ccco1)c1ccc2c(c1)CCCC2. The third kappa shape index (κ3) is 3.24. The second kappa shape index (κ2) is 6.24. The van der Waals surface area contributed by atoms with E-state index in [4.69, 9.17) is 4.42 Å². The van der Waals surface area contributed by atoms with Crippen LogP contribution >= 0.6 is 0 Å². The molecule has 1 aromatic carbocycles. The topological polar surface area (TPSA) is 79.5 Å². The zero-order valence-electron chi connectivity index (χ0n) is 12.2. The van der Waals surface area contributed by atoms with Gasteiger partial charge < -0.3 is 9.52 Å². The van der Waals surface area contributed by atoms with Gasteiger partial charge >= 0.3 is 0 Å². The summed E-state index contributed by atoms with van der Waals surface area (Å²) >= 11 is 0. The Balaban J connectivity index is 1.72. The number of hydrogen-bond donors (Lipinski definition) is 2. The van der Waals surface area contributed by atoms with Crippen LogP contribution in [0, 0.1) is 0 Å². The number of nitrogens with one attached hydrogen (secondary N) is 1. The Labute approximate surface area is 130 Å². The quantitative estimate of drug-likeness (QED) is 0.884. The lowest BCUT2D eigenvalue weighted by atomic mass is 9.92. The number of furan rings is 1. The predicted molar refractivity (Wildman–Crippen MR) is 81.9 cm³/mol. The van der Waals surface area contributed by atoms with Crippen molar-refractivity contribution in [1.82, 2.24) is 4.72 Å². The van der Waals surface area contributed by atoms with Gasteiger partial charge in [-0.3, -0.25) is 0 Å². The molecule has 0 radical (unpaired) electrons. The van der Waals surface area contributed by atoms with E-state index in [-0.39, 0.29) is 11.4 Å². The van der Waals surface area contributed by atoms with Crippen molar-refractivity contribution in [2.24, 2.45) is 0 Å². The molecular formula is C16H19NO4S. The van der Waals surface area contributed by atoms with Crippen LogP contribution in [-0.4, -0.2) is 20.1 Å². The Morgan fingerprint density at radius 1 is 1.18 bits per heavy atom. The van der Waals surface area contributed by atoms with Crippen molar-refractivity contribution in [2.45, 2.75) is 36.7 Å². The fourth-order valence-electron chi connectivity index (χ4n) is 2.73. The molecule has 0 bridgehead atoms. The maximum Gasteiger partial charge on any atom is 0.240 e. The molecule has 5 nitrogen and oxygen atoms in total. The Bertz CT molecular complexity index is 738. The highest BCUT2D eigenvalue weighted by molar-refractivity contribution is 7.89. The van der Waals surface area contributed by atoms with Gasteiger partial charge in [0.15, 0.2) is 0 Å². The molecular weight excluding hydrogens is 302 g/mol. The molecule has 1 aliphatic carbocycles. The van der Waals surface area contributed by atoms with Crippen molar-refractivity contribution in [3.8, 4) is 0 Å². The molecule has 0 spiro atoms. The molecule has 1 heterocycles. The van der Waals surface area contributed by atoms with Crippen molar-refractivity contribution < 1.29 is 17.9 Å². The van der Waals surface area contributed by atoms with Gasteiger partial charge in [0.05, 0.1) is 11.2 Å². The number of aryl methyl sites for hydroxylation is 2. The van der Waals surface area contributed by atoms with Crippen LogP contribution in [-0.2, 0) is 22.9 Å². The monoisotopic (exact) mass is 321 g/mol. The van der Waals surface area contributed by atoms with Crippen molar-refractivity contribution in [2.75, 3.05) is 6.54 Å². The highest BCUT2D eigenvalue weighted by atomic mass is 32.2. The average Bonchev–Trinajstić information content (AvgIpc) is 3.07. The fourth-order valence-corrected chi connectivity index (χ4v) is 3.82. The van der Waals surface area contributed by atoms with E-state index in [2.05, 4.69) is 4.72 Å². The molecule has 0 saturated heterocycles. The van der Waals surface area contributed by atoms with E-state index in [0.717, 1.165) is 31.2 Å². The van der Waals surface area contributed by atoms with Crippen LogP contribution in [0.3, 0.4) is 0 Å². The lowest BCUT2D eigenvalue weighted by molar-refractivity contribution is 0.154. The van der Waals surface area contributed by atoms with E-state index in [0.29, 0.717) is 5.76 Å². The van der Waals surface area contributed by atoms with Crippen molar-refractivity contribution in [1.29, 1.82) is 0 Å². The van der Waals surface area contributed by atoms with Crippen LogP contribution in [0.15, 0.2) is 45.9 Å². The minimum absolute atomic E-state index is 0.118. The van der Waals surface area contributed by atoms with Crippen LogP contribution < -0.4 is 4.72 Å². The molecule has 0 saturated carbocycles. The minimum Gasteiger partial charge on any atom is -0.467 e. The molecule has 0 fully saturated rings. The normalized spacial score (nSPS) is 16.2. The van der Waals surface area contributed by atoms with Gasteiger partial charge in [-0.05, 0) is 61.1 Å². The third-order valence-corrected chi connectivity index (χ3v) is 5.39. The number of benzene rings is 1. The first-order chi connectivity index (χ1) is 10.6. The van der Waals surface area contributed by atoms with E-state index >= 15 is 0 Å². The number of fused-ring (bicyclic) bond motifs is 1. The average molecular weight is 321 g/mol. The van der Waals surface area contributed by atoms with E-state index < -0.39 is 16.1 Å². The second-order valence-corrected chi connectivity index (χ2v) is 7.29. The van der Waals surface area contributed by atoms with Crippen molar-refractivity contribution in [3.63, 3.8) is 0 Å². The molecule has 1 unspecified atom stereocenters. The first-order valence-electron chi connectivity index (χ1n) is 7.39.